The largest absolute Gasteiger partial charge is 0.445 e. The number of rotatable bonds is 5. The number of pyridine rings is 1. The average molecular weight is 324 g/mol. The summed E-state index contributed by atoms with van der Waals surface area (Å²) in [5, 5.41) is 0. The summed E-state index contributed by atoms with van der Waals surface area (Å²) in [6, 6.07) is 14.1. The molecule has 1 atom stereocenters. The molecule has 1 aromatic heterocycles. The molecule has 0 saturated carbocycles. The Morgan fingerprint density at radius 2 is 1.96 bits per heavy atom. The fraction of sp³-hybridized carbons (Fsp3) is 0.400. The van der Waals surface area contributed by atoms with Crippen molar-refractivity contribution in [2.75, 3.05) is 6.54 Å². The second-order valence-electron chi connectivity index (χ2n) is 6.28. The van der Waals surface area contributed by atoms with Crippen LogP contribution in [0.3, 0.4) is 0 Å². The first-order valence-electron chi connectivity index (χ1n) is 8.69. The Hall–Kier alpha value is -2.36. The Kier molecular flexibility index (Phi) is 5.83. The zero-order valence-corrected chi connectivity index (χ0v) is 13.9. The lowest BCUT2D eigenvalue weighted by Crippen LogP contribution is -2.44. The van der Waals surface area contributed by atoms with Crippen LogP contribution in [0.25, 0.3) is 0 Å². The summed E-state index contributed by atoms with van der Waals surface area (Å²) in [4.78, 5) is 18.6. The fourth-order valence-corrected chi connectivity index (χ4v) is 3.22. The van der Waals surface area contributed by atoms with E-state index in [1.165, 1.54) is 12.0 Å². The van der Waals surface area contributed by atoms with Gasteiger partial charge in [0.05, 0.1) is 0 Å². The number of amides is 1. The molecule has 1 aromatic carbocycles. The molecular formula is C20H24N2O2. The summed E-state index contributed by atoms with van der Waals surface area (Å²) in [5.74, 6) is 0. The van der Waals surface area contributed by atoms with Gasteiger partial charge in [-0.25, -0.2) is 4.79 Å². The second-order valence-corrected chi connectivity index (χ2v) is 6.28. The van der Waals surface area contributed by atoms with E-state index in [1.807, 2.05) is 47.5 Å². The SMILES string of the molecule is O=C(OCc1ccccc1)N1CCCCC1CCc1cccnc1. The van der Waals surface area contributed by atoms with Gasteiger partial charge in [0.25, 0.3) is 0 Å². The predicted molar refractivity (Wildman–Crippen MR) is 93.5 cm³/mol. The standard InChI is InChI=1S/C20H24N2O2/c23-20(24-16-18-7-2-1-3-8-18)22-14-5-4-10-19(22)12-11-17-9-6-13-21-15-17/h1-3,6-9,13,15,19H,4-5,10-12,14,16H2. The highest BCUT2D eigenvalue weighted by Crippen LogP contribution is 2.22. The summed E-state index contributed by atoms with van der Waals surface area (Å²) in [7, 11) is 0. The van der Waals surface area contributed by atoms with Crippen LogP contribution in [0.2, 0.25) is 0 Å². The number of hydrogen-bond donors (Lipinski definition) is 0. The van der Waals surface area contributed by atoms with Crippen LogP contribution in [0.5, 0.6) is 0 Å². The molecule has 1 aliphatic heterocycles. The highest BCUT2D eigenvalue weighted by Gasteiger charge is 2.27. The number of hydrogen-bond acceptors (Lipinski definition) is 3. The molecule has 0 bridgehead atoms. The second kappa shape index (κ2) is 8.48. The van der Waals surface area contributed by atoms with Gasteiger partial charge in [-0.1, -0.05) is 36.4 Å². The van der Waals surface area contributed by atoms with E-state index in [1.54, 1.807) is 6.20 Å². The van der Waals surface area contributed by atoms with Crippen LogP contribution >= 0.6 is 0 Å². The molecule has 1 amide bonds. The number of carbonyl (C=O) groups is 1. The molecule has 126 valence electrons. The van der Waals surface area contributed by atoms with E-state index < -0.39 is 0 Å². The van der Waals surface area contributed by atoms with Gasteiger partial charge in [-0.15, -0.1) is 0 Å². The van der Waals surface area contributed by atoms with Crippen molar-refractivity contribution in [2.45, 2.75) is 44.8 Å². The number of aryl methyl sites for hydroxylation is 1. The summed E-state index contributed by atoms with van der Waals surface area (Å²) < 4.78 is 5.52. The summed E-state index contributed by atoms with van der Waals surface area (Å²) >= 11 is 0. The highest BCUT2D eigenvalue weighted by atomic mass is 16.6. The first-order valence-corrected chi connectivity index (χ1v) is 8.69. The van der Waals surface area contributed by atoms with Crippen molar-refractivity contribution < 1.29 is 9.53 Å². The molecule has 0 N–H and O–H groups in total. The molecular weight excluding hydrogens is 300 g/mol. The van der Waals surface area contributed by atoms with Gasteiger partial charge < -0.3 is 9.64 Å². The minimum absolute atomic E-state index is 0.185. The van der Waals surface area contributed by atoms with E-state index in [4.69, 9.17) is 4.74 Å². The number of piperidine rings is 1. The van der Waals surface area contributed by atoms with Crippen LogP contribution in [0.15, 0.2) is 54.9 Å². The first kappa shape index (κ1) is 16.5. The molecule has 1 aliphatic rings. The zero-order valence-electron chi connectivity index (χ0n) is 13.9. The summed E-state index contributed by atoms with van der Waals surface area (Å²) in [6.07, 6.45) is 8.71. The molecule has 0 spiro atoms. The van der Waals surface area contributed by atoms with Gasteiger partial charge in [0.2, 0.25) is 0 Å². The lowest BCUT2D eigenvalue weighted by atomic mass is 9.97. The molecule has 0 radical (unpaired) electrons. The normalized spacial score (nSPS) is 17.5. The van der Waals surface area contributed by atoms with Gasteiger partial charge in [-0.3, -0.25) is 4.98 Å². The minimum Gasteiger partial charge on any atom is -0.445 e. The molecule has 24 heavy (non-hydrogen) atoms. The molecule has 1 fully saturated rings. The number of ether oxygens (including phenoxy) is 1. The Morgan fingerprint density at radius 3 is 2.75 bits per heavy atom. The molecule has 1 saturated heterocycles. The van der Waals surface area contributed by atoms with Gasteiger partial charge in [0, 0.05) is 25.0 Å². The third-order valence-electron chi connectivity index (χ3n) is 4.56. The maximum atomic E-state index is 12.5. The molecule has 2 aromatic rings. The Morgan fingerprint density at radius 1 is 1.12 bits per heavy atom. The van der Waals surface area contributed by atoms with E-state index in [9.17, 15) is 4.79 Å². The smallest absolute Gasteiger partial charge is 0.410 e. The first-order chi connectivity index (χ1) is 11.8. The molecule has 0 aliphatic carbocycles. The number of aromatic nitrogens is 1. The third-order valence-corrected chi connectivity index (χ3v) is 4.56. The van der Waals surface area contributed by atoms with Gasteiger partial charge >= 0.3 is 6.09 Å². The molecule has 4 nitrogen and oxygen atoms in total. The molecule has 3 rings (SSSR count). The van der Waals surface area contributed by atoms with Crippen molar-refractivity contribution in [1.29, 1.82) is 0 Å². The zero-order chi connectivity index (χ0) is 16.6. The molecule has 1 unspecified atom stereocenters. The van der Waals surface area contributed by atoms with Crippen LogP contribution in [0, 0.1) is 0 Å². The minimum atomic E-state index is -0.185. The number of likely N-dealkylation sites (tertiary alicyclic amines) is 1. The van der Waals surface area contributed by atoms with Gasteiger partial charge in [-0.2, -0.15) is 0 Å². The number of benzene rings is 1. The Labute approximate surface area is 143 Å². The van der Waals surface area contributed by atoms with Crippen molar-refractivity contribution in [1.82, 2.24) is 9.88 Å². The van der Waals surface area contributed by atoms with Crippen LogP contribution in [0.4, 0.5) is 4.79 Å². The molecule has 2 heterocycles. The van der Waals surface area contributed by atoms with E-state index in [0.29, 0.717) is 6.61 Å². The van der Waals surface area contributed by atoms with Crippen molar-refractivity contribution in [2.24, 2.45) is 0 Å². The van der Waals surface area contributed by atoms with Gasteiger partial charge in [0.15, 0.2) is 0 Å². The average Bonchev–Trinajstić information content (AvgIpc) is 2.66. The quantitative estimate of drug-likeness (QED) is 0.827. The molecule has 4 heteroatoms. The summed E-state index contributed by atoms with van der Waals surface area (Å²) in [6.45, 7) is 1.14. The monoisotopic (exact) mass is 324 g/mol. The van der Waals surface area contributed by atoms with E-state index >= 15 is 0 Å². The van der Waals surface area contributed by atoms with Gasteiger partial charge in [0.1, 0.15) is 6.61 Å². The van der Waals surface area contributed by atoms with Crippen LogP contribution in [-0.2, 0) is 17.8 Å². The van der Waals surface area contributed by atoms with Crippen molar-refractivity contribution in [3.8, 4) is 0 Å². The lowest BCUT2D eigenvalue weighted by molar-refractivity contribution is 0.0661. The Bertz CT molecular complexity index is 631. The maximum Gasteiger partial charge on any atom is 0.410 e. The summed E-state index contributed by atoms with van der Waals surface area (Å²) in [5.41, 5.74) is 2.25. The maximum absolute atomic E-state index is 12.5. The van der Waals surface area contributed by atoms with E-state index in [2.05, 4.69) is 11.1 Å². The van der Waals surface area contributed by atoms with E-state index in [0.717, 1.165) is 37.8 Å². The topological polar surface area (TPSA) is 42.4 Å². The van der Waals surface area contributed by atoms with E-state index in [-0.39, 0.29) is 12.1 Å². The van der Waals surface area contributed by atoms with Crippen LogP contribution < -0.4 is 0 Å². The predicted octanol–water partition coefficient (Wildman–Crippen LogP) is 4.21. The van der Waals surface area contributed by atoms with Crippen LogP contribution in [0.1, 0.15) is 36.8 Å². The highest BCUT2D eigenvalue weighted by molar-refractivity contribution is 5.68. The number of nitrogens with zero attached hydrogens (tertiary/aromatic N) is 2. The Balaban J connectivity index is 1.54. The van der Waals surface area contributed by atoms with Crippen molar-refractivity contribution >= 4 is 6.09 Å². The lowest BCUT2D eigenvalue weighted by Gasteiger charge is -2.35. The fourth-order valence-electron chi connectivity index (χ4n) is 3.22. The van der Waals surface area contributed by atoms with Crippen molar-refractivity contribution in [3.63, 3.8) is 0 Å². The van der Waals surface area contributed by atoms with Gasteiger partial charge in [-0.05, 0) is 49.3 Å². The van der Waals surface area contributed by atoms with Crippen LogP contribution in [-0.4, -0.2) is 28.6 Å². The van der Waals surface area contributed by atoms with Crippen molar-refractivity contribution in [3.05, 3.63) is 66.0 Å². The number of carbonyl (C=O) groups excluding carboxylic acids is 1. The third kappa shape index (κ3) is 4.57.